The van der Waals surface area contributed by atoms with Gasteiger partial charge in [0.05, 0.1) is 19.8 Å². The van der Waals surface area contributed by atoms with E-state index in [1.54, 1.807) is 18.2 Å². The van der Waals surface area contributed by atoms with Gasteiger partial charge in [-0.2, -0.15) is 0 Å². The molecule has 2 atom stereocenters. The Labute approximate surface area is 327 Å². The number of benzene rings is 3. The molecule has 3 aromatic rings. The van der Waals surface area contributed by atoms with Gasteiger partial charge in [0.15, 0.2) is 0 Å². The van der Waals surface area contributed by atoms with Gasteiger partial charge in [-0.1, -0.05) is 111 Å². The molecule has 5 rings (SSSR count). The topological polar surface area (TPSA) is 72.8 Å². The molecule has 0 heterocycles. The summed E-state index contributed by atoms with van der Waals surface area (Å²) in [5.41, 5.74) is 11.6. The number of allylic oxidation sites excluding steroid dienone is 1. The number of ether oxygens (including phenoxy) is 2. The van der Waals surface area contributed by atoms with Gasteiger partial charge in [-0.25, -0.2) is 0 Å². The Kier molecular flexibility index (Phi) is 20.9. The summed E-state index contributed by atoms with van der Waals surface area (Å²) < 4.78 is 10.4. The maximum Gasteiger partial charge on any atom is 0.293 e. The molecule has 2 unspecified atom stereocenters. The van der Waals surface area contributed by atoms with Crippen LogP contribution in [0.4, 0.5) is 0 Å². The van der Waals surface area contributed by atoms with E-state index in [1.165, 1.54) is 104 Å². The number of aliphatic hydroxyl groups is 1. The van der Waals surface area contributed by atoms with Gasteiger partial charge >= 0.3 is 0 Å². The summed E-state index contributed by atoms with van der Waals surface area (Å²) in [6, 6.07) is 25.7. The summed E-state index contributed by atoms with van der Waals surface area (Å²) in [6.45, 7) is 14.4. The summed E-state index contributed by atoms with van der Waals surface area (Å²) in [5, 5.41) is 8.00. The zero-order valence-corrected chi connectivity index (χ0v) is 33.8. The fourth-order valence-electron chi connectivity index (χ4n) is 7.99. The normalized spacial score (nSPS) is 18.1. The zero-order chi connectivity index (χ0) is 39.1. The maximum absolute atomic E-state index is 10.6. The molecule has 0 aromatic heterocycles. The maximum atomic E-state index is 10.6. The Morgan fingerprint density at radius 3 is 1.91 bits per heavy atom. The van der Waals surface area contributed by atoms with E-state index in [2.05, 4.69) is 86.8 Å². The van der Waals surface area contributed by atoms with Crippen LogP contribution in [-0.4, -0.2) is 44.8 Å². The number of aldehydes is 1. The third-order valence-corrected chi connectivity index (χ3v) is 10.9. The van der Waals surface area contributed by atoms with Gasteiger partial charge < -0.3 is 14.6 Å². The quantitative estimate of drug-likeness (QED) is 0.0609. The fraction of sp³-hybridized carbons (Fsp3) is 0.510. The number of methoxy groups -OCH3 is 1. The predicted octanol–water partition coefficient (Wildman–Crippen LogP) is 10.9. The van der Waals surface area contributed by atoms with Gasteiger partial charge in [-0.3, -0.25) is 9.59 Å². The molecule has 2 aliphatic rings. The van der Waals surface area contributed by atoms with Crippen LogP contribution in [0.5, 0.6) is 0 Å². The number of carbonyl (C=O) groups is 2. The van der Waals surface area contributed by atoms with Crippen LogP contribution in [0.2, 0.25) is 0 Å². The first kappa shape index (κ1) is 44.6. The van der Waals surface area contributed by atoms with Gasteiger partial charge in [0.2, 0.25) is 0 Å². The van der Waals surface area contributed by atoms with Gasteiger partial charge in [0, 0.05) is 18.6 Å². The van der Waals surface area contributed by atoms with Crippen LogP contribution in [0.15, 0.2) is 91.0 Å². The minimum absolute atomic E-state index is 0.218. The second-order valence-corrected chi connectivity index (χ2v) is 15.9. The number of unbranched alkanes of at least 4 members (excludes halogenated alkanes) is 2. The van der Waals surface area contributed by atoms with E-state index < -0.39 is 0 Å². The van der Waals surface area contributed by atoms with E-state index in [0.717, 1.165) is 37.0 Å². The monoisotopic (exact) mass is 737 g/mol. The molecule has 0 amide bonds. The first-order chi connectivity index (χ1) is 26.2. The standard InChI is InChI=1S/C41H54O3.C4H6O2.C4H8/c1-3-4-5-6-31-9-16-36(17-10-31)37-18-11-32(12-19-37)7-8-34-15-22-41-27-40(24-23-39(41)26-34)38-20-13-33(14-21-38)25-35(28-43-2)29-44-30-42;1-4(2-5)3-6;1-4(2)3/h9-12,15-19,22,26,30,33,35,38,40H,3-8,13-14,20-21,23-25,27-29H2,1-2H3;2,6H,1,3H2;1H2,2-3H3. The lowest BCUT2D eigenvalue weighted by atomic mass is 9.68. The third kappa shape index (κ3) is 16.3. The van der Waals surface area contributed by atoms with Gasteiger partial charge in [-0.15, -0.1) is 6.58 Å². The van der Waals surface area contributed by atoms with Crippen LogP contribution in [0.25, 0.3) is 11.1 Å². The summed E-state index contributed by atoms with van der Waals surface area (Å²) in [7, 11) is 1.74. The molecule has 1 saturated carbocycles. The number of aliphatic hydroxyl groups excluding tert-OH is 1. The zero-order valence-electron chi connectivity index (χ0n) is 33.8. The average Bonchev–Trinajstić information content (AvgIpc) is 3.19. The Balaban J connectivity index is 0.000000695. The second-order valence-electron chi connectivity index (χ2n) is 15.9. The van der Waals surface area contributed by atoms with Crippen molar-refractivity contribution in [1.29, 1.82) is 0 Å². The molecule has 5 heteroatoms. The number of fused-ring (bicyclic) bond motifs is 1. The minimum atomic E-state index is -0.233. The van der Waals surface area contributed by atoms with Crippen LogP contribution >= 0.6 is 0 Å². The van der Waals surface area contributed by atoms with Crippen LogP contribution in [0.1, 0.15) is 106 Å². The van der Waals surface area contributed by atoms with Crippen molar-refractivity contribution in [1.82, 2.24) is 0 Å². The SMILES string of the molecule is C=C(C)C.C=C(C=O)CO.CCCCCc1ccc(-c2ccc(CCc3ccc4c(c3)CCC(C3CCC(CC(COC)COC=O)CC3)C4)cc2)cc1. The van der Waals surface area contributed by atoms with Gasteiger partial charge in [0.1, 0.15) is 6.29 Å². The van der Waals surface area contributed by atoms with E-state index in [0.29, 0.717) is 31.9 Å². The molecule has 54 heavy (non-hydrogen) atoms. The van der Waals surface area contributed by atoms with E-state index in [-0.39, 0.29) is 12.2 Å². The first-order valence-electron chi connectivity index (χ1n) is 20.4. The summed E-state index contributed by atoms with van der Waals surface area (Å²) in [5.74, 6) is 2.75. The Morgan fingerprint density at radius 2 is 1.37 bits per heavy atom. The number of hydrogen-bond acceptors (Lipinski definition) is 5. The Bertz CT molecular complexity index is 1530. The highest BCUT2D eigenvalue weighted by atomic mass is 16.5. The Morgan fingerprint density at radius 1 is 0.778 bits per heavy atom. The third-order valence-electron chi connectivity index (χ3n) is 10.9. The Hall–Kier alpha value is -3.80. The second kappa shape index (κ2) is 25.3. The van der Waals surface area contributed by atoms with Crippen molar-refractivity contribution in [2.45, 2.75) is 111 Å². The highest BCUT2D eigenvalue weighted by Crippen LogP contribution is 2.41. The van der Waals surface area contributed by atoms with Crippen LogP contribution in [0, 0.1) is 23.7 Å². The fourth-order valence-corrected chi connectivity index (χ4v) is 7.99. The molecular weight excluding hydrogens is 669 g/mol. The van der Waals surface area contributed by atoms with Crippen molar-refractivity contribution >= 4 is 12.8 Å². The van der Waals surface area contributed by atoms with Crippen molar-refractivity contribution in [3.05, 3.63) is 119 Å². The molecule has 294 valence electrons. The number of rotatable bonds is 18. The molecule has 2 aliphatic carbocycles. The van der Waals surface area contributed by atoms with Crippen molar-refractivity contribution < 1.29 is 24.2 Å². The minimum Gasteiger partial charge on any atom is -0.468 e. The summed E-state index contributed by atoms with van der Waals surface area (Å²) in [4.78, 5) is 20.1. The van der Waals surface area contributed by atoms with Gasteiger partial charge in [0.25, 0.3) is 6.47 Å². The van der Waals surface area contributed by atoms with E-state index in [4.69, 9.17) is 14.6 Å². The van der Waals surface area contributed by atoms with E-state index in [9.17, 15) is 9.59 Å². The summed E-state index contributed by atoms with van der Waals surface area (Å²) in [6.07, 6.45) is 18.0. The first-order valence-corrected chi connectivity index (χ1v) is 20.4. The number of hydrogen-bond donors (Lipinski definition) is 1. The van der Waals surface area contributed by atoms with E-state index >= 15 is 0 Å². The molecule has 0 bridgehead atoms. The predicted molar refractivity (Wildman–Crippen MR) is 225 cm³/mol. The van der Waals surface area contributed by atoms with Crippen LogP contribution < -0.4 is 0 Å². The van der Waals surface area contributed by atoms with Crippen LogP contribution in [0.3, 0.4) is 0 Å². The summed E-state index contributed by atoms with van der Waals surface area (Å²) >= 11 is 0. The van der Waals surface area contributed by atoms with Crippen molar-refractivity contribution in [2.24, 2.45) is 23.7 Å². The largest absolute Gasteiger partial charge is 0.468 e. The molecule has 5 nitrogen and oxygen atoms in total. The van der Waals surface area contributed by atoms with Crippen molar-refractivity contribution in [2.75, 3.05) is 26.9 Å². The highest BCUT2D eigenvalue weighted by molar-refractivity contribution is 5.72. The number of aryl methyl sites for hydroxylation is 4. The lowest BCUT2D eigenvalue weighted by molar-refractivity contribution is -0.130. The molecule has 1 N–H and O–H groups in total. The average molecular weight is 737 g/mol. The molecule has 0 radical (unpaired) electrons. The van der Waals surface area contributed by atoms with Crippen molar-refractivity contribution in [3.8, 4) is 11.1 Å². The molecule has 0 spiro atoms. The molecule has 0 saturated heterocycles. The molecule has 1 fully saturated rings. The number of carbonyl (C=O) groups excluding carboxylic acids is 2. The van der Waals surface area contributed by atoms with Crippen molar-refractivity contribution in [3.63, 3.8) is 0 Å². The lowest BCUT2D eigenvalue weighted by Crippen LogP contribution is -2.28. The highest BCUT2D eigenvalue weighted by Gasteiger charge is 2.31. The van der Waals surface area contributed by atoms with Gasteiger partial charge in [-0.05, 0) is 135 Å². The molecule has 3 aromatic carbocycles. The van der Waals surface area contributed by atoms with E-state index in [1.807, 2.05) is 13.8 Å². The van der Waals surface area contributed by atoms with Crippen LogP contribution in [-0.2, 0) is 51.2 Å². The molecule has 0 aliphatic heterocycles. The lowest BCUT2D eigenvalue weighted by Gasteiger charge is -2.37. The molecular formula is C49H68O5. The smallest absolute Gasteiger partial charge is 0.293 e.